The van der Waals surface area contributed by atoms with Crippen molar-refractivity contribution in [2.24, 2.45) is 5.73 Å². The number of nitrogens with one attached hydrogen (secondary N) is 1. The lowest BCUT2D eigenvalue weighted by Gasteiger charge is -2.36. The summed E-state index contributed by atoms with van der Waals surface area (Å²) in [5.41, 5.74) is 5.93. The topological polar surface area (TPSA) is 136 Å². The van der Waals surface area contributed by atoms with E-state index in [-0.39, 0.29) is 12.1 Å². The average molecular weight is 431 g/mol. The third-order valence-electron chi connectivity index (χ3n) is 4.65. The summed E-state index contributed by atoms with van der Waals surface area (Å²) >= 11 is 0. The van der Waals surface area contributed by atoms with Crippen LogP contribution >= 0.6 is 0 Å². The van der Waals surface area contributed by atoms with Crippen molar-refractivity contribution in [1.29, 1.82) is 0 Å². The van der Waals surface area contributed by atoms with E-state index in [2.05, 4.69) is 25.3 Å². The molecular weight excluding hydrogens is 405 g/mol. The fourth-order valence-corrected chi connectivity index (χ4v) is 3.19. The van der Waals surface area contributed by atoms with Gasteiger partial charge in [0.1, 0.15) is 30.3 Å². The van der Waals surface area contributed by atoms with Gasteiger partial charge in [-0.1, -0.05) is 0 Å². The van der Waals surface area contributed by atoms with Crippen LogP contribution in [0.5, 0.6) is 0 Å². The zero-order chi connectivity index (χ0) is 22.6. The quantitative estimate of drug-likeness (QED) is 0.730. The molecule has 10 nitrogen and oxygen atoms in total. The van der Waals surface area contributed by atoms with Crippen LogP contribution in [0.1, 0.15) is 49.1 Å². The van der Waals surface area contributed by atoms with E-state index in [4.69, 9.17) is 10.5 Å². The van der Waals surface area contributed by atoms with Crippen molar-refractivity contribution in [3.8, 4) is 0 Å². The second-order valence-corrected chi connectivity index (χ2v) is 8.30. The summed E-state index contributed by atoms with van der Waals surface area (Å²) in [5, 5.41) is 3.07. The standard InChI is InChI=1S/C20H26FN7O3/c1-20(2,3)31-19(30)28-5-4-15(14(21)9-28)27-16-6-12(24-8-13(16)18(22)29)7-17-25-10-23-11-26-17/h6,8,10-11,14-15H,4-5,7,9H2,1-3H3,(H2,22,29)(H,24,27)/t14-,15+/m0/s1. The summed E-state index contributed by atoms with van der Waals surface area (Å²) in [7, 11) is 0. The van der Waals surface area contributed by atoms with Crippen molar-refractivity contribution in [2.75, 3.05) is 18.4 Å². The zero-order valence-electron chi connectivity index (χ0n) is 17.7. The van der Waals surface area contributed by atoms with E-state index < -0.39 is 29.8 Å². The Morgan fingerprint density at radius 3 is 2.61 bits per heavy atom. The smallest absolute Gasteiger partial charge is 0.410 e. The van der Waals surface area contributed by atoms with Gasteiger partial charge in [-0.2, -0.15) is 0 Å². The van der Waals surface area contributed by atoms with Crippen molar-refractivity contribution in [1.82, 2.24) is 24.8 Å². The van der Waals surface area contributed by atoms with E-state index in [1.807, 2.05) is 0 Å². The maximum atomic E-state index is 14.9. The van der Waals surface area contributed by atoms with Crippen LogP contribution < -0.4 is 11.1 Å². The molecule has 2 aromatic heterocycles. The molecule has 3 heterocycles. The van der Waals surface area contributed by atoms with Crippen molar-refractivity contribution in [2.45, 2.75) is 51.4 Å². The summed E-state index contributed by atoms with van der Waals surface area (Å²) in [6.07, 6.45) is 2.86. The second-order valence-electron chi connectivity index (χ2n) is 8.30. The summed E-state index contributed by atoms with van der Waals surface area (Å²) in [5.74, 6) is -0.169. The number of hydrogen-bond donors (Lipinski definition) is 2. The third-order valence-corrected chi connectivity index (χ3v) is 4.65. The first kappa shape index (κ1) is 22.3. The molecule has 0 unspecified atom stereocenters. The molecule has 2 amide bonds. The van der Waals surface area contributed by atoms with Crippen molar-refractivity contribution >= 4 is 17.7 Å². The van der Waals surface area contributed by atoms with Gasteiger partial charge in [-0.25, -0.2) is 24.1 Å². The Labute approximate surface area is 179 Å². The number of ether oxygens (including phenoxy) is 1. The number of amides is 2. The summed E-state index contributed by atoms with van der Waals surface area (Å²) in [6, 6.07) is 1.03. The molecule has 1 saturated heterocycles. The normalized spacial score (nSPS) is 19.0. The summed E-state index contributed by atoms with van der Waals surface area (Å²) < 4.78 is 20.2. The Bertz CT molecular complexity index is 936. The number of anilines is 1. The van der Waals surface area contributed by atoms with Crippen molar-refractivity contribution in [3.05, 3.63) is 42.0 Å². The molecule has 11 heteroatoms. The number of primary amides is 1. The van der Waals surface area contributed by atoms with Gasteiger partial charge >= 0.3 is 6.09 Å². The van der Waals surface area contributed by atoms with Gasteiger partial charge in [0, 0.05) is 12.7 Å². The number of carbonyl (C=O) groups is 2. The van der Waals surface area contributed by atoms with Crippen LogP contribution in [0.2, 0.25) is 0 Å². The Hall–Kier alpha value is -3.37. The molecule has 0 bridgehead atoms. The number of likely N-dealkylation sites (tertiary alicyclic amines) is 1. The van der Waals surface area contributed by atoms with E-state index in [1.165, 1.54) is 23.8 Å². The number of hydrogen-bond acceptors (Lipinski definition) is 8. The van der Waals surface area contributed by atoms with Gasteiger partial charge in [-0.15, -0.1) is 0 Å². The lowest BCUT2D eigenvalue weighted by molar-refractivity contribution is 0.0125. The SMILES string of the molecule is CC(C)(C)OC(=O)N1CC[C@@H](Nc2cc(Cc3ncncn3)ncc2C(N)=O)[C@@H](F)C1. The third kappa shape index (κ3) is 6.06. The van der Waals surface area contributed by atoms with Gasteiger partial charge in [0.2, 0.25) is 0 Å². The zero-order valence-corrected chi connectivity index (χ0v) is 17.7. The van der Waals surface area contributed by atoms with Gasteiger partial charge in [0.25, 0.3) is 5.91 Å². The maximum Gasteiger partial charge on any atom is 0.410 e. The number of nitrogens with two attached hydrogens (primary N) is 1. The van der Waals surface area contributed by atoms with Crippen LogP contribution in [0, 0.1) is 0 Å². The lowest BCUT2D eigenvalue weighted by Crippen LogP contribution is -2.51. The van der Waals surface area contributed by atoms with Gasteiger partial charge in [0.05, 0.1) is 36.0 Å². The Morgan fingerprint density at radius 1 is 1.29 bits per heavy atom. The largest absolute Gasteiger partial charge is 0.444 e. The monoisotopic (exact) mass is 431 g/mol. The molecule has 0 radical (unpaired) electrons. The molecule has 1 aliphatic rings. The molecule has 0 aromatic carbocycles. The Kier molecular flexibility index (Phi) is 6.62. The number of piperidine rings is 1. The van der Waals surface area contributed by atoms with Crippen LogP contribution in [0.4, 0.5) is 14.9 Å². The highest BCUT2D eigenvalue weighted by Gasteiger charge is 2.34. The molecule has 2 atom stereocenters. The first-order valence-electron chi connectivity index (χ1n) is 9.90. The molecule has 3 rings (SSSR count). The lowest BCUT2D eigenvalue weighted by atomic mass is 10.0. The number of halogens is 1. The first-order chi connectivity index (χ1) is 14.6. The van der Waals surface area contributed by atoms with Crippen LogP contribution in [0.3, 0.4) is 0 Å². The number of rotatable bonds is 5. The van der Waals surface area contributed by atoms with Crippen LogP contribution in [-0.2, 0) is 11.2 Å². The molecule has 0 spiro atoms. The molecule has 1 fully saturated rings. The molecule has 0 aliphatic carbocycles. The molecule has 166 valence electrons. The number of aromatic nitrogens is 4. The molecule has 2 aromatic rings. The van der Waals surface area contributed by atoms with Gasteiger partial charge in [-0.05, 0) is 33.3 Å². The number of alkyl halides is 1. The molecule has 0 saturated carbocycles. The number of nitrogens with zero attached hydrogens (tertiary/aromatic N) is 5. The minimum absolute atomic E-state index is 0.110. The number of carbonyl (C=O) groups excluding carboxylic acids is 2. The highest BCUT2D eigenvalue weighted by atomic mass is 19.1. The van der Waals surface area contributed by atoms with Gasteiger partial charge < -0.3 is 20.7 Å². The van der Waals surface area contributed by atoms with E-state index in [0.29, 0.717) is 36.6 Å². The highest BCUT2D eigenvalue weighted by Crippen LogP contribution is 2.24. The van der Waals surface area contributed by atoms with Gasteiger partial charge in [-0.3, -0.25) is 9.78 Å². The first-order valence-corrected chi connectivity index (χ1v) is 9.90. The van der Waals surface area contributed by atoms with E-state index in [0.717, 1.165) is 0 Å². The van der Waals surface area contributed by atoms with E-state index in [1.54, 1.807) is 26.8 Å². The van der Waals surface area contributed by atoms with Gasteiger partial charge in [0.15, 0.2) is 0 Å². The Balaban J connectivity index is 1.71. The van der Waals surface area contributed by atoms with Crippen LogP contribution in [-0.4, -0.2) is 67.7 Å². The Morgan fingerprint density at radius 2 is 2.00 bits per heavy atom. The van der Waals surface area contributed by atoms with Crippen molar-refractivity contribution < 1.29 is 18.7 Å². The fourth-order valence-electron chi connectivity index (χ4n) is 3.19. The molecule has 3 N–H and O–H groups in total. The number of pyridine rings is 1. The van der Waals surface area contributed by atoms with E-state index >= 15 is 0 Å². The van der Waals surface area contributed by atoms with Crippen LogP contribution in [0.25, 0.3) is 0 Å². The highest BCUT2D eigenvalue weighted by molar-refractivity contribution is 5.98. The summed E-state index contributed by atoms with van der Waals surface area (Å²) in [6.45, 7) is 5.49. The van der Waals surface area contributed by atoms with Crippen LogP contribution in [0.15, 0.2) is 24.9 Å². The second kappa shape index (κ2) is 9.19. The average Bonchev–Trinajstić information content (AvgIpc) is 2.69. The predicted octanol–water partition coefficient (Wildman–Crippen LogP) is 1.72. The van der Waals surface area contributed by atoms with E-state index in [9.17, 15) is 14.0 Å². The molecule has 1 aliphatic heterocycles. The summed E-state index contributed by atoms with van der Waals surface area (Å²) in [4.78, 5) is 41.5. The fraction of sp³-hybridized carbons (Fsp3) is 0.500. The maximum absolute atomic E-state index is 14.9. The molecule has 31 heavy (non-hydrogen) atoms. The minimum Gasteiger partial charge on any atom is -0.444 e. The molecular formula is C20H26FN7O3. The minimum atomic E-state index is -1.36. The predicted molar refractivity (Wildman–Crippen MR) is 110 cm³/mol. The van der Waals surface area contributed by atoms with Crippen molar-refractivity contribution in [3.63, 3.8) is 0 Å².